The molecular formula is C10H11N3O2. The summed E-state index contributed by atoms with van der Waals surface area (Å²) in [5.41, 5.74) is 1.31. The van der Waals surface area contributed by atoms with E-state index in [-0.39, 0.29) is 0 Å². The summed E-state index contributed by atoms with van der Waals surface area (Å²) in [5, 5.41) is 16.4. The lowest BCUT2D eigenvalue weighted by Gasteiger charge is -2.11. The van der Waals surface area contributed by atoms with Gasteiger partial charge in [0.15, 0.2) is 0 Å². The van der Waals surface area contributed by atoms with Crippen LogP contribution in [0.4, 0.5) is 0 Å². The second kappa shape index (κ2) is 4.10. The Hall–Kier alpha value is -1.88. The molecule has 1 unspecified atom stereocenters. The SMILES string of the molecule is COc1ncccc1C(O)c1cn[nH]c1. The molecule has 0 amide bonds. The molecule has 0 aromatic carbocycles. The van der Waals surface area contributed by atoms with Crippen LogP contribution in [0.2, 0.25) is 0 Å². The van der Waals surface area contributed by atoms with Crippen molar-refractivity contribution in [3.63, 3.8) is 0 Å². The largest absolute Gasteiger partial charge is 0.481 e. The summed E-state index contributed by atoms with van der Waals surface area (Å²) in [6.07, 6.45) is 4.05. The van der Waals surface area contributed by atoms with Crippen molar-refractivity contribution >= 4 is 0 Å². The molecule has 15 heavy (non-hydrogen) atoms. The first-order valence-electron chi connectivity index (χ1n) is 4.48. The van der Waals surface area contributed by atoms with Crippen molar-refractivity contribution in [2.75, 3.05) is 7.11 Å². The maximum atomic E-state index is 10.0. The van der Waals surface area contributed by atoms with Crippen molar-refractivity contribution in [1.29, 1.82) is 0 Å². The van der Waals surface area contributed by atoms with Crippen LogP contribution in [0.3, 0.4) is 0 Å². The minimum absolute atomic E-state index is 0.422. The van der Waals surface area contributed by atoms with Gasteiger partial charge in [0.2, 0.25) is 5.88 Å². The molecule has 78 valence electrons. The highest BCUT2D eigenvalue weighted by atomic mass is 16.5. The van der Waals surface area contributed by atoms with E-state index in [1.807, 2.05) is 0 Å². The van der Waals surface area contributed by atoms with Gasteiger partial charge >= 0.3 is 0 Å². The number of aromatic amines is 1. The molecule has 1 atom stereocenters. The van der Waals surface area contributed by atoms with Gasteiger partial charge in [-0.2, -0.15) is 5.10 Å². The Morgan fingerprint density at radius 2 is 2.40 bits per heavy atom. The van der Waals surface area contributed by atoms with Crippen LogP contribution in [-0.2, 0) is 0 Å². The molecule has 2 aromatic heterocycles. The number of pyridine rings is 1. The zero-order valence-electron chi connectivity index (χ0n) is 8.21. The molecule has 0 saturated heterocycles. The third kappa shape index (κ3) is 1.82. The van der Waals surface area contributed by atoms with E-state index in [1.54, 1.807) is 30.7 Å². The number of aliphatic hydroxyl groups excluding tert-OH is 1. The van der Waals surface area contributed by atoms with Gasteiger partial charge in [0, 0.05) is 23.5 Å². The lowest BCUT2D eigenvalue weighted by atomic mass is 10.1. The van der Waals surface area contributed by atoms with Crippen LogP contribution in [0.5, 0.6) is 5.88 Å². The number of hydrogen-bond donors (Lipinski definition) is 2. The van der Waals surface area contributed by atoms with Gasteiger partial charge in [-0.05, 0) is 12.1 Å². The summed E-state index contributed by atoms with van der Waals surface area (Å²) in [7, 11) is 1.52. The first-order chi connectivity index (χ1) is 7.33. The quantitative estimate of drug-likeness (QED) is 0.780. The highest BCUT2D eigenvalue weighted by molar-refractivity contribution is 5.33. The van der Waals surface area contributed by atoms with Crippen molar-refractivity contribution in [2.45, 2.75) is 6.10 Å². The molecule has 0 bridgehead atoms. The maximum Gasteiger partial charge on any atom is 0.219 e. The average Bonchev–Trinajstić information content (AvgIpc) is 2.81. The van der Waals surface area contributed by atoms with Crippen LogP contribution >= 0.6 is 0 Å². The van der Waals surface area contributed by atoms with Gasteiger partial charge in [-0.25, -0.2) is 4.98 Å². The molecular weight excluding hydrogens is 194 g/mol. The number of hydrogen-bond acceptors (Lipinski definition) is 4. The molecule has 0 aliphatic heterocycles. The summed E-state index contributed by atoms with van der Waals surface area (Å²) >= 11 is 0. The minimum atomic E-state index is -0.771. The monoisotopic (exact) mass is 205 g/mol. The Labute approximate surface area is 86.7 Å². The summed E-state index contributed by atoms with van der Waals surface area (Å²) in [4.78, 5) is 4.02. The Bertz CT molecular complexity index is 428. The number of H-pyrrole nitrogens is 1. The topological polar surface area (TPSA) is 71.0 Å². The fraction of sp³-hybridized carbons (Fsp3) is 0.200. The number of aliphatic hydroxyl groups is 1. The van der Waals surface area contributed by atoms with Gasteiger partial charge in [0.25, 0.3) is 0 Å². The van der Waals surface area contributed by atoms with Gasteiger partial charge in [0.1, 0.15) is 6.10 Å². The molecule has 2 heterocycles. The Kier molecular flexibility index (Phi) is 2.64. The van der Waals surface area contributed by atoms with E-state index in [0.29, 0.717) is 17.0 Å². The third-order valence-electron chi connectivity index (χ3n) is 2.12. The molecule has 0 aliphatic rings. The second-order valence-electron chi connectivity index (χ2n) is 3.04. The van der Waals surface area contributed by atoms with Gasteiger partial charge < -0.3 is 9.84 Å². The van der Waals surface area contributed by atoms with Crippen LogP contribution in [0, 0.1) is 0 Å². The average molecular weight is 205 g/mol. The van der Waals surface area contributed by atoms with Gasteiger partial charge in [-0.3, -0.25) is 5.10 Å². The van der Waals surface area contributed by atoms with Crippen molar-refractivity contribution in [1.82, 2.24) is 15.2 Å². The second-order valence-corrected chi connectivity index (χ2v) is 3.04. The van der Waals surface area contributed by atoms with Crippen LogP contribution in [0.1, 0.15) is 17.2 Å². The number of aromatic nitrogens is 3. The highest BCUT2D eigenvalue weighted by Crippen LogP contribution is 2.26. The highest BCUT2D eigenvalue weighted by Gasteiger charge is 2.16. The van der Waals surface area contributed by atoms with Crippen LogP contribution in [-0.4, -0.2) is 27.4 Å². The molecule has 5 nitrogen and oxygen atoms in total. The number of nitrogens with zero attached hydrogens (tertiary/aromatic N) is 2. The molecule has 2 aromatic rings. The zero-order valence-corrected chi connectivity index (χ0v) is 8.21. The lowest BCUT2D eigenvalue weighted by molar-refractivity contribution is 0.213. The molecule has 0 fully saturated rings. The predicted octanol–water partition coefficient (Wildman–Crippen LogP) is 0.895. The Morgan fingerprint density at radius 1 is 1.53 bits per heavy atom. The van der Waals surface area contributed by atoms with Crippen LogP contribution < -0.4 is 4.74 Å². The van der Waals surface area contributed by atoms with Gasteiger partial charge in [-0.15, -0.1) is 0 Å². The molecule has 0 saturated carbocycles. The Balaban J connectivity index is 2.37. The normalized spacial score (nSPS) is 12.4. The number of methoxy groups -OCH3 is 1. The van der Waals surface area contributed by atoms with E-state index in [2.05, 4.69) is 15.2 Å². The van der Waals surface area contributed by atoms with Crippen LogP contribution in [0.15, 0.2) is 30.7 Å². The number of ether oxygens (including phenoxy) is 1. The molecule has 0 aliphatic carbocycles. The third-order valence-corrected chi connectivity index (χ3v) is 2.12. The standard InChI is InChI=1S/C10H11N3O2/c1-15-10-8(3-2-4-11-10)9(14)7-5-12-13-6-7/h2-6,9,14H,1H3,(H,12,13). The van der Waals surface area contributed by atoms with Crippen molar-refractivity contribution < 1.29 is 9.84 Å². The smallest absolute Gasteiger partial charge is 0.219 e. The van der Waals surface area contributed by atoms with Crippen LogP contribution in [0.25, 0.3) is 0 Å². The van der Waals surface area contributed by atoms with Gasteiger partial charge in [-0.1, -0.05) is 0 Å². The summed E-state index contributed by atoms with van der Waals surface area (Å²) in [5.74, 6) is 0.422. The van der Waals surface area contributed by atoms with Crippen molar-refractivity contribution in [3.8, 4) is 5.88 Å². The van der Waals surface area contributed by atoms with E-state index in [4.69, 9.17) is 4.74 Å². The minimum Gasteiger partial charge on any atom is -0.481 e. The van der Waals surface area contributed by atoms with E-state index in [1.165, 1.54) is 7.11 Å². The number of nitrogens with one attached hydrogen (secondary N) is 1. The predicted molar refractivity (Wildman–Crippen MR) is 53.4 cm³/mol. The van der Waals surface area contributed by atoms with E-state index in [0.717, 1.165) is 0 Å². The summed E-state index contributed by atoms with van der Waals surface area (Å²) in [6, 6.07) is 3.52. The van der Waals surface area contributed by atoms with Crippen molar-refractivity contribution in [3.05, 3.63) is 41.9 Å². The molecule has 2 rings (SSSR count). The first kappa shape index (κ1) is 9.67. The van der Waals surface area contributed by atoms with E-state index < -0.39 is 6.10 Å². The van der Waals surface area contributed by atoms with Gasteiger partial charge in [0.05, 0.1) is 13.3 Å². The summed E-state index contributed by atoms with van der Waals surface area (Å²) < 4.78 is 5.06. The molecule has 5 heteroatoms. The van der Waals surface area contributed by atoms with Crippen molar-refractivity contribution in [2.24, 2.45) is 0 Å². The first-order valence-corrected chi connectivity index (χ1v) is 4.48. The molecule has 0 spiro atoms. The fourth-order valence-corrected chi connectivity index (χ4v) is 1.37. The zero-order chi connectivity index (χ0) is 10.7. The maximum absolute atomic E-state index is 10.0. The van der Waals surface area contributed by atoms with E-state index in [9.17, 15) is 5.11 Å². The molecule has 2 N–H and O–H groups in total. The fourth-order valence-electron chi connectivity index (χ4n) is 1.37. The number of rotatable bonds is 3. The lowest BCUT2D eigenvalue weighted by Crippen LogP contribution is -2.02. The molecule has 0 radical (unpaired) electrons. The summed E-state index contributed by atoms with van der Waals surface area (Å²) in [6.45, 7) is 0. The Morgan fingerprint density at radius 3 is 3.07 bits per heavy atom. The van der Waals surface area contributed by atoms with E-state index >= 15 is 0 Å².